The number of amides is 1. The van der Waals surface area contributed by atoms with Crippen LogP contribution in [0, 0.1) is 6.92 Å². The number of nitrogens with one attached hydrogen (secondary N) is 2. The monoisotopic (exact) mass is 586 g/mol. The zero-order valence-corrected chi connectivity index (χ0v) is 24.0. The van der Waals surface area contributed by atoms with E-state index in [-0.39, 0.29) is 17.6 Å². The normalized spacial score (nSPS) is 18.8. The first-order valence-electron chi connectivity index (χ1n) is 12.9. The van der Waals surface area contributed by atoms with Gasteiger partial charge in [-0.1, -0.05) is 57.9 Å². The summed E-state index contributed by atoms with van der Waals surface area (Å²) in [4.78, 5) is 27.7. The first kappa shape index (κ1) is 26.8. The van der Waals surface area contributed by atoms with Crippen LogP contribution in [-0.4, -0.2) is 25.9 Å². The van der Waals surface area contributed by atoms with Crippen molar-refractivity contribution in [1.82, 2.24) is 5.32 Å². The maximum absolute atomic E-state index is 13.9. The second-order valence-electron chi connectivity index (χ2n) is 9.97. The molecule has 0 spiro atoms. The number of aryl methyl sites for hydroxylation is 1. The van der Waals surface area contributed by atoms with Crippen molar-refractivity contribution in [3.63, 3.8) is 0 Å². The van der Waals surface area contributed by atoms with Gasteiger partial charge < -0.3 is 20.1 Å². The fourth-order valence-electron chi connectivity index (χ4n) is 5.54. The van der Waals surface area contributed by atoms with E-state index >= 15 is 0 Å². The summed E-state index contributed by atoms with van der Waals surface area (Å²) in [5.74, 6) is 0.552. The van der Waals surface area contributed by atoms with Crippen LogP contribution in [0.2, 0.25) is 0 Å². The summed E-state index contributed by atoms with van der Waals surface area (Å²) >= 11 is 3.68. The van der Waals surface area contributed by atoms with Gasteiger partial charge in [-0.3, -0.25) is 9.59 Å². The summed E-state index contributed by atoms with van der Waals surface area (Å²) in [7, 11) is 3.21. The van der Waals surface area contributed by atoms with E-state index in [1.807, 2.05) is 80.6 Å². The Morgan fingerprint density at radius 3 is 2.36 bits per heavy atom. The van der Waals surface area contributed by atoms with Crippen LogP contribution < -0.4 is 20.1 Å². The molecule has 2 aliphatic rings. The molecule has 1 amide bonds. The quantitative estimate of drug-likeness (QED) is 0.333. The number of halogens is 1. The van der Waals surface area contributed by atoms with E-state index < -0.39 is 5.92 Å². The first-order valence-corrected chi connectivity index (χ1v) is 13.7. The van der Waals surface area contributed by atoms with Gasteiger partial charge in [-0.25, -0.2) is 0 Å². The van der Waals surface area contributed by atoms with Gasteiger partial charge in [0, 0.05) is 45.0 Å². The second kappa shape index (κ2) is 11.1. The molecular formula is C32H31BrN2O4. The fraction of sp³-hybridized carbons (Fsp3) is 0.250. The lowest BCUT2D eigenvalue weighted by Gasteiger charge is -2.37. The summed E-state index contributed by atoms with van der Waals surface area (Å²) in [5.41, 5.74) is 6.50. The molecule has 5 rings (SSSR count). The maximum Gasteiger partial charge on any atom is 0.254 e. The molecule has 1 aliphatic carbocycles. The number of hydrogen-bond donors (Lipinski definition) is 2. The van der Waals surface area contributed by atoms with Crippen LogP contribution in [-0.2, 0) is 9.59 Å². The third-order valence-corrected chi connectivity index (χ3v) is 8.20. The standard InChI is InChI=1S/C32H31BrN2O4/c1-18-9-12-22(13-10-18)35-32(37)29-19(2)34-25-15-21(20-11-14-27(38-3)28(17-20)39-4)16-26(36)31(25)30(29)23-7-5-6-8-24(23)33/h5-14,17,21,30,34H,15-16H2,1-4H3,(H,35,37)/t21-,30+/m1/s1. The van der Waals surface area contributed by atoms with Crippen LogP contribution in [0.4, 0.5) is 5.69 Å². The lowest BCUT2D eigenvalue weighted by atomic mass is 9.71. The molecule has 3 aromatic rings. The SMILES string of the molecule is COc1ccc([C@H]2CC(=O)C3=C(C2)NC(C)=C(C(=O)Nc2ccc(C)cc2)[C@@H]3c2ccccc2Br)cc1OC. The molecular weight excluding hydrogens is 556 g/mol. The third-order valence-electron chi connectivity index (χ3n) is 7.48. The highest BCUT2D eigenvalue weighted by Gasteiger charge is 2.41. The molecule has 0 saturated carbocycles. The molecule has 1 aliphatic heterocycles. The van der Waals surface area contributed by atoms with Gasteiger partial charge >= 0.3 is 0 Å². The summed E-state index contributed by atoms with van der Waals surface area (Å²) in [5, 5.41) is 6.50. The van der Waals surface area contributed by atoms with Crippen LogP contribution >= 0.6 is 15.9 Å². The molecule has 200 valence electrons. The van der Waals surface area contributed by atoms with Crippen molar-refractivity contribution in [3.05, 3.63) is 110 Å². The molecule has 7 heteroatoms. The lowest BCUT2D eigenvalue weighted by molar-refractivity contribution is -0.116. The Bertz CT molecular complexity index is 1510. The smallest absolute Gasteiger partial charge is 0.254 e. The van der Waals surface area contributed by atoms with E-state index in [2.05, 4.69) is 26.6 Å². The number of carbonyl (C=O) groups is 2. The summed E-state index contributed by atoms with van der Waals surface area (Å²) in [6.07, 6.45) is 0.977. The number of anilines is 1. The summed E-state index contributed by atoms with van der Waals surface area (Å²) in [6.45, 7) is 3.91. The van der Waals surface area contributed by atoms with Gasteiger partial charge in [0.05, 0.1) is 14.2 Å². The van der Waals surface area contributed by atoms with Crippen LogP contribution in [0.3, 0.4) is 0 Å². The van der Waals surface area contributed by atoms with E-state index in [0.29, 0.717) is 41.2 Å². The number of hydrogen-bond acceptors (Lipinski definition) is 5. The first-order chi connectivity index (χ1) is 18.8. The molecule has 6 nitrogen and oxygen atoms in total. The Hall–Kier alpha value is -3.84. The van der Waals surface area contributed by atoms with Crippen LogP contribution in [0.25, 0.3) is 0 Å². The number of rotatable bonds is 6. The minimum Gasteiger partial charge on any atom is -0.493 e. The summed E-state index contributed by atoms with van der Waals surface area (Å²) in [6, 6.07) is 21.3. The highest BCUT2D eigenvalue weighted by molar-refractivity contribution is 9.10. The number of allylic oxidation sites excluding steroid dienone is 3. The molecule has 0 bridgehead atoms. The third kappa shape index (κ3) is 5.23. The zero-order chi connectivity index (χ0) is 27.7. The molecule has 39 heavy (non-hydrogen) atoms. The number of benzene rings is 3. The van der Waals surface area contributed by atoms with E-state index in [1.54, 1.807) is 14.2 Å². The van der Waals surface area contributed by atoms with Crippen molar-refractivity contribution in [3.8, 4) is 11.5 Å². The molecule has 0 aromatic heterocycles. The highest BCUT2D eigenvalue weighted by Crippen LogP contribution is 2.47. The second-order valence-corrected chi connectivity index (χ2v) is 10.8. The molecule has 0 saturated heterocycles. The number of methoxy groups -OCH3 is 2. The number of Topliss-reactive ketones (excluding diaryl/α,β-unsaturated/α-hetero) is 1. The molecule has 1 heterocycles. The van der Waals surface area contributed by atoms with E-state index in [4.69, 9.17) is 9.47 Å². The van der Waals surface area contributed by atoms with Gasteiger partial charge in [0.15, 0.2) is 17.3 Å². The number of ether oxygens (including phenoxy) is 2. The molecule has 0 fully saturated rings. The minimum atomic E-state index is -0.499. The minimum absolute atomic E-state index is 0.0254. The Morgan fingerprint density at radius 2 is 1.67 bits per heavy atom. The highest BCUT2D eigenvalue weighted by atomic mass is 79.9. The van der Waals surface area contributed by atoms with Gasteiger partial charge in [-0.2, -0.15) is 0 Å². The number of carbonyl (C=O) groups excluding carboxylic acids is 2. The van der Waals surface area contributed by atoms with Gasteiger partial charge in [0.1, 0.15) is 0 Å². The van der Waals surface area contributed by atoms with E-state index in [1.165, 1.54) is 0 Å². The predicted molar refractivity (Wildman–Crippen MR) is 156 cm³/mol. The lowest BCUT2D eigenvalue weighted by Crippen LogP contribution is -2.37. The van der Waals surface area contributed by atoms with Crippen molar-refractivity contribution in [1.29, 1.82) is 0 Å². The Labute approximate surface area is 237 Å². The van der Waals surface area contributed by atoms with Gasteiger partial charge in [0.25, 0.3) is 5.91 Å². The number of ketones is 1. The average molecular weight is 588 g/mol. The molecule has 3 aromatic carbocycles. The van der Waals surface area contributed by atoms with Crippen molar-refractivity contribution >= 4 is 33.3 Å². The van der Waals surface area contributed by atoms with Crippen molar-refractivity contribution < 1.29 is 19.1 Å². The van der Waals surface area contributed by atoms with Gasteiger partial charge in [-0.15, -0.1) is 0 Å². The van der Waals surface area contributed by atoms with Crippen molar-refractivity contribution in [2.45, 2.75) is 38.5 Å². The molecule has 2 atom stereocenters. The molecule has 2 N–H and O–H groups in total. The van der Waals surface area contributed by atoms with Crippen molar-refractivity contribution in [2.24, 2.45) is 0 Å². The van der Waals surface area contributed by atoms with Crippen LogP contribution in [0.5, 0.6) is 11.5 Å². The maximum atomic E-state index is 13.9. The predicted octanol–water partition coefficient (Wildman–Crippen LogP) is 6.78. The van der Waals surface area contributed by atoms with Crippen LogP contribution in [0.15, 0.2) is 93.7 Å². The van der Waals surface area contributed by atoms with Crippen molar-refractivity contribution in [2.75, 3.05) is 19.5 Å². The fourth-order valence-corrected chi connectivity index (χ4v) is 6.05. The topological polar surface area (TPSA) is 76.7 Å². The zero-order valence-electron chi connectivity index (χ0n) is 22.4. The Morgan fingerprint density at radius 1 is 0.949 bits per heavy atom. The Kier molecular flexibility index (Phi) is 7.62. The summed E-state index contributed by atoms with van der Waals surface area (Å²) < 4.78 is 11.8. The van der Waals surface area contributed by atoms with E-state index in [0.717, 1.165) is 32.6 Å². The average Bonchev–Trinajstić information content (AvgIpc) is 2.93. The Balaban J connectivity index is 1.55. The molecule has 0 radical (unpaired) electrons. The van der Waals surface area contributed by atoms with Crippen LogP contribution in [0.1, 0.15) is 48.3 Å². The molecule has 0 unspecified atom stereocenters. The van der Waals surface area contributed by atoms with E-state index in [9.17, 15) is 9.59 Å². The number of dihydropyridines is 1. The van der Waals surface area contributed by atoms with Gasteiger partial charge in [0.2, 0.25) is 0 Å². The largest absolute Gasteiger partial charge is 0.493 e. The van der Waals surface area contributed by atoms with Gasteiger partial charge in [-0.05, 0) is 67.6 Å².